The van der Waals surface area contributed by atoms with Gasteiger partial charge in [0, 0.05) is 26.3 Å². The van der Waals surface area contributed by atoms with Gasteiger partial charge in [-0.25, -0.2) is 0 Å². The molecule has 0 saturated carbocycles. The van der Waals surface area contributed by atoms with Gasteiger partial charge in [0.15, 0.2) is 0 Å². The summed E-state index contributed by atoms with van der Waals surface area (Å²) in [5, 5.41) is 17.1. The Morgan fingerprint density at radius 3 is 2.71 bits per heavy atom. The molecule has 0 radical (unpaired) electrons. The van der Waals surface area contributed by atoms with Crippen LogP contribution >= 0.6 is 0 Å². The molecular formula is C14H16F3N3O. The minimum atomic E-state index is -4.41. The Balaban J connectivity index is 1.92. The van der Waals surface area contributed by atoms with Crippen LogP contribution < -0.4 is 5.32 Å². The maximum atomic E-state index is 12.6. The largest absolute Gasteiger partial charge is 0.416 e. The van der Waals surface area contributed by atoms with E-state index in [1.807, 2.05) is 6.07 Å². The van der Waals surface area contributed by atoms with Crippen molar-refractivity contribution < 1.29 is 18.3 Å². The molecule has 4 nitrogen and oxygen atoms in total. The summed E-state index contributed by atoms with van der Waals surface area (Å²) in [5.41, 5.74) is 0.274. The molecule has 1 atom stereocenters. The normalized spacial score (nSPS) is 13.4. The molecule has 0 saturated heterocycles. The summed E-state index contributed by atoms with van der Waals surface area (Å²) in [6, 6.07) is 6.54. The van der Waals surface area contributed by atoms with E-state index >= 15 is 0 Å². The number of aromatic nitrogens is 2. The highest BCUT2D eigenvalue weighted by Crippen LogP contribution is 2.30. The van der Waals surface area contributed by atoms with Gasteiger partial charge in [-0.2, -0.15) is 18.3 Å². The summed E-state index contributed by atoms with van der Waals surface area (Å²) in [5.74, 6) is 0. The zero-order valence-corrected chi connectivity index (χ0v) is 11.4. The van der Waals surface area contributed by atoms with Crippen molar-refractivity contribution in [2.24, 2.45) is 7.05 Å². The van der Waals surface area contributed by atoms with Crippen molar-refractivity contribution in [2.45, 2.75) is 18.8 Å². The molecule has 2 aromatic rings. The monoisotopic (exact) mass is 299 g/mol. The van der Waals surface area contributed by atoms with Crippen LogP contribution in [0.15, 0.2) is 36.5 Å². The second-order valence-electron chi connectivity index (χ2n) is 4.75. The van der Waals surface area contributed by atoms with Crippen molar-refractivity contribution in [1.29, 1.82) is 0 Å². The van der Waals surface area contributed by atoms with Crippen LogP contribution in [0.5, 0.6) is 0 Å². The van der Waals surface area contributed by atoms with Crippen LogP contribution in [0, 0.1) is 0 Å². The molecule has 2 N–H and O–H groups in total. The second kappa shape index (κ2) is 6.28. The third-order valence-corrected chi connectivity index (χ3v) is 3.01. The van der Waals surface area contributed by atoms with E-state index < -0.39 is 17.8 Å². The maximum Gasteiger partial charge on any atom is 0.416 e. The number of hydrogen-bond donors (Lipinski definition) is 2. The lowest BCUT2D eigenvalue weighted by molar-refractivity contribution is -0.137. The fourth-order valence-corrected chi connectivity index (χ4v) is 1.93. The first kappa shape index (κ1) is 15.5. The van der Waals surface area contributed by atoms with Crippen LogP contribution in [0.4, 0.5) is 13.2 Å². The van der Waals surface area contributed by atoms with Gasteiger partial charge in [0.1, 0.15) is 0 Å². The van der Waals surface area contributed by atoms with E-state index in [0.29, 0.717) is 6.54 Å². The topological polar surface area (TPSA) is 50.1 Å². The molecule has 1 aromatic carbocycles. The lowest BCUT2D eigenvalue weighted by Gasteiger charge is -2.14. The molecular weight excluding hydrogens is 283 g/mol. The number of aliphatic hydroxyl groups excluding tert-OH is 1. The molecule has 0 fully saturated rings. The minimum absolute atomic E-state index is 0.151. The van der Waals surface area contributed by atoms with Gasteiger partial charge in [-0.1, -0.05) is 12.1 Å². The molecule has 0 amide bonds. The van der Waals surface area contributed by atoms with Crippen molar-refractivity contribution in [3.8, 4) is 0 Å². The molecule has 1 heterocycles. The highest BCUT2D eigenvalue weighted by atomic mass is 19.4. The Morgan fingerprint density at radius 2 is 2.10 bits per heavy atom. The van der Waals surface area contributed by atoms with Crippen LogP contribution in [0.3, 0.4) is 0 Å². The number of aryl methyl sites for hydroxylation is 1. The van der Waals surface area contributed by atoms with Crippen molar-refractivity contribution in [3.05, 3.63) is 53.3 Å². The smallest absolute Gasteiger partial charge is 0.387 e. The Hall–Kier alpha value is -1.86. The first-order valence-corrected chi connectivity index (χ1v) is 6.41. The van der Waals surface area contributed by atoms with E-state index in [1.54, 1.807) is 17.9 Å². The third kappa shape index (κ3) is 4.30. The number of nitrogens with zero attached hydrogens (tertiary/aromatic N) is 2. The number of halogens is 3. The average Bonchev–Trinajstić information content (AvgIpc) is 2.83. The van der Waals surface area contributed by atoms with Crippen molar-refractivity contribution in [2.75, 3.05) is 6.54 Å². The van der Waals surface area contributed by atoms with Crippen LogP contribution in [0.1, 0.15) is 22.9 Å². The molecule has 0 aliphatic rings. The highest BCUT2D eigenvalue weighted by Gasteiger charge is 2.30. The lowest BCUT2D eigenvalue weighted by atomic mass is 10.1. The predicted octanol–water partition coefficient (Wildman–Crippen LogP) is 2.26. The molecule has 0 spiro atoms. The summed E-state index contributed by atoms with van der Waals surface area (Å²) in [4.78, 5) is 0. The predicted molar refractivity (Wildman–Crippen MR) is 71.3 cm³/mol. The SMILES string of the molecule is Cn1ccc(CNCC(O)c2cccc(C(F)(F)F)c2)n1. The van der Waals surface area contributed by atoms with Gasteiger partial charge < -0.3 is 10.4 Å². The van der Waals surface area contributed by atoms with Gasteiger partial charge in [-0.15, -0.1) is 0 Å². The van der Waals surface area contributed by atoms with Crippen LogP contribution in [-0.2, 0) is 19.8 Å². The van der Waals surface area contributed by atoms with Gasteiger partial charge in [0.05, 0.1) is 17.4 Å². The maximum absolute atomic E-state index is 12.6. The van der Waals surface area contributed by atoms with E-state index in [4.69, 9.17) is 0 Å². The van der Waals surface area contributed by atoms with Crippen molar-refractivity contribution in [3.63, 3.8) is 0 Å². The fraction of sp³-hybridized carbons (Fsp3) is 0.357. The zero-order valence-electron chi connectivity index (χ0n) is 11.4. The summed E-state index contributed by atoms with van der Waals surface area (Å²) in [6.07, 6.45) is -3.62. The molecule has 0 aliphatic heterocycles. The number of alkyl halides is 3. The lowest BCUT2D eigenvalue weighted by Crippen LogP contribution is -2.21. The fourth-order valence-electron chi connectivity index (χ4n) is 1.93. The Kier molecular flexibility index (Phi) is 4.64. The van der Waals surface area contributed by atoms with Gasteiger partial charge in [-0.3, -0.25) is 4.68 Å². The first-order valence-electron chi connectivity index (χ1n) is 6.41. The van der Waals surface area contributed by atoms with E-state index in [9.17, 15) is 18.3 Å². The number of rotatable bonds is 5. The van der Waals surface area contributed by atoms with Crippen LogP contribution in [0.25, 0.3) is 0 Å². The molecule has 1 unspecified atom stereocenters. The molecule has 7 heteroatoms. The zero-order chi connectivity index (χ0) is 15.5. The van der Waals surface area contributed by atoms with Crippen LogP contribution in [-0.4, -0.2) is 21.4 Å². The van der Waals surface area contributed by atoms with E-state index in [0.717, 1.165) is 17.8 Å². The van der Waals surface area contributed by atoms with Crippen molar-refractivity contribution in [1.82, 2.24) is 15.1 Å². The molecule has 2 rings (SSSR count). The Labute approximate surface area is 120 Å². The van der Waals surface area contributed by atoms with Gasteiger partial charge in [0.25, 0.3) is 0 Å². The Morgan fingerprint density at radius 1 is 1.33 bits per heavy atom. The van der Waals surface area contributed by atoms with Gasteiger partial charge in [-0.05, 0) is 23.8 Å². The van der Waals surface area contributed by atoms with Gasteiger partial charge in [0.2, 0.25) is 0 Å². The average molecular weight is 299 g/mol. The number of nitrogens with one attached hydrogen (secondary N) is 1. The minimum Gasteiger partial charge on any atom is -0.387 e. The standard InChI is InChI=1S/C14H16F3N3O/c1-20-6-5-12(19-20)8-18-9-13(21)10-3-2-4-11(7-10)14(15,16)17/h2-7,13,18,21H,8-9H2,1H3. The number of benzene rings is 1. The summed E-state index contributed by atoms with van der Waals surface area (Å²) >= 11 is 0. The number of hydrogen-bond acceptors (Lipinski definition) is 3. The third-order valence-electron chi connectivity index (χ3n) is 3.01. The molecule has 1 aromatic heterocycles. The molecule has 0 aliphatic carbocycles. The van der Waals surface area contributed by atoms with Gasteiger partial charge >= 0.3 is 6.18 Å². The first-order chi connectivity index (χ1) is 9.86. The summed E-state index contributed by atoms with van der Waals surface area (Å²) < 4.78 is 39.5. The quantitative estimate of drug-likeness (QED) is 0.890. The van der Waals surface area contributed by atoms with Crippen LogP contribution in [0.2, 0.25) is 0 Å². The van der Waals surface area contributed by atoms with E-state index in [2.05, 4.69) is 10.4 Å². The summed E-state index contributed by atoms with van der Waals surface area (Å²) in [6.45, 7) is 0.592. The van der Waals surface area contributed by atoms with E-state index in [-0.39, 0.29) is 12.1 Å². The summed E-state index contributed by atoms with van der Waals surface area (Å²) in [7, 11) is 1.79. The molecule has 114 valence electrons. The second-order valence-corrected chi connectivity index (χ2v) is 4.75. The highest BCUT2D eigenvalue weighted by molar-refractivity contribution is 5.27. The molecule has 21 heavy (non-hydrogen) atoms. The Bertz CT molecular complexity index is 595. The van der Waals surface area contributed by atoms with E-state index in [1.165, 1.54) is 12.1 Å². The molecule has 0 bridgehead atoms. The number of aliphatic hydroxyl groups is 1. The van der Waals surface area contributed by atoms with Crippen molar-refractivity contribution >= 4 is 0 Å².